The Morgan fingerprint density at radius 1 is 1.08 bits per heavy atom. The summed E-state index contributed by atoms with van der Waals surface area (Å²) in [5.74, 6) is 0.174. The van der Waals surface area contributed by atoms with E-state index in [1.54, 1.807) is 0 Å². The number of aliphatic hydroxyl groups is 2. The van der Waals surface area contributed by atoms with E-state index < -0.39 is 0 Å². The average molecular weight is 180 g/mol. The van der Waals surface area contributed by atoms with E-state index in [0.717, 1.165) is 18.4 Å². The molecule has 0 aliphatic heterocycles. The Bertz CT molecular complexity index is 221. The third kappa shape index (κ3) is 3.17. The lowest BCUT2D eigenvalue weighted by Crippen LogP contribution is -2.04. The molecule has 1 unspecified atom stereocenters. The highest BCUT2D eigenvalue weighted by Gasteiger charge is 2.08. The van der Waals surface area contributed by atoms with Crippen LogP contribution in [0.1, 0.15) is 24.3 Å². The third-order valence-electron chi connectivity index (χ3n) is 2.20. The highest BCUT2D eigenvalue weighted by atomic mass is 16.3. The topological polar surface area (TPSA) is 40.5 Å². The number of hydrogen-bond donors (Lipinski definition) is 2. The van der Waals surface area contributed by atoms with Gasteiger partial charge in [0, 0.05) is 19.1 Å². The van der Waals surface area contributed by atoms with Crippen LogP contribution < -0.4 is 0 Å². The van der Waals surface area contributed by atoms with Gasteiger partial charge < -0.3 is 10.2 Å². The first-order chi connectivity index (χ1) is 6.38. The van der Waals surface area contributed by atoms with E-state index in [9.17, 15) is 0 Å². The van der Waals surface area contributed by atoms with Crippen molar-refractivity contribution in [2.45, 2.75) is 18.8 Å². The van der Waals surface area contributed by atoms with Crippen molar-refractivity contribution in [3.63, 3.8) is 0 Å². The summed E-state index contributed by atoms with van der Waals surface area (Å²) in [4.78, 5) is 0. The molecule has 1 rings (SSSR count). The van der Waals surface area contributed by atoms with Gasteiger partial charge in [-0.05, 0) is 18.4 Å². The molecule has 0 spiro atoms. The normalized spacial score (nSPS) is 12.8. The molecule has 1 aromatic rings. The molecule has 2 nitrogen and oxygen atoms in total. The second-order valence-electron chi connectivity index (χ2n) is 3.16. The number of benzene rings is 1. The zero-order valence-electron chi connectivity index (χ0n) is 7.69. The Morgan fingerprint density at radius 2 is 1.77 bits per heavy atom. The predicted molar refractivity (Wildman–Crippen MR) is 52.6 cm³/mol. The Hall–Kier alpha value is -0.860. The van der Waals surface area contributed by atoms with Crippen LogP contribution >= 0.6 is 0 Å². The van der Waals surface area contributed by atoms with Crippen molar-refractivity contribution in [3.05, 3.63) is 35.9 Å². The van der Waals surface area contributed by atoms with Crippen molar-refractivity contribution >= 4 is 0 Å². The lowest BCUT2D eigenvalue weighted by Gasteiger charge is -2.13. The highest BCUT2D eigenvalue weighted by molar-refractivity contribution is 5.19. The largest absolute Gasteiger partial charge is 0.396 e. The number of aliphatic hydroxyl groups excluding tert-OH is 2. The summed E-state index contributed by atoms with van der Waals surface area (Å²) in [6, 6.07) is 9.92. The average Bonchev–Trinajstić information content (AvgIpc) is 2.21. The third-order valence-corrected chi connectivity index (χ3v) is 2.20. The van der Waals surface area contributed by atoms with Gasteiger partial charge in [0.2, 0.25) is 0 Å². The van der Waals surface area contributed by atoms with Crippen LogP contribution in [0.4, 0.5) is 0 Å². The molecular formula is C11H16O2. The second-order valence-corrected chi connectivity index (χ2v) is 3.16. The van der Waals surface area contributed by atoms with Gasteiger partial charge in [-0.1, -0.05) is 30.3 Å². The quantitative estimate of drug-likeness (QED) is 0.721. The van der Waals surface area contributed by atoms with E-state index in [1.165, 1.54) is 0 Å². The minimum atomic E-state index is 0.157. The first-order valence-electron chi connectivity index (χ1n) is 4.65. The maximum absolute atomic E-state index is 9.12. The molecule has 0 saturated heterocycles. The van der Waals surface area contributed by atoms with Crippen LogP contribution in [0, 0.1) is 0 Å². The van der Waals surface area contributed by atoms with E-state index in [-0.39, 0.29) is 19.1 Å². The maximum Gasteiger partial charge on any atom is 0.0499 e. The van der Waals surface area contributed by atoms with Crippen LogP contribution in [0.25, 0.3) is 0 Å². The van der Waals surface area contributed by atoms with Gasteiger partial charge in [0.05, 0.1) is 0 Å². The minimum Gasteiger partial charge on any atom is -0.396 e. The molecule has 2 N–H and O–H groups in total. The van der Waals surface area contributed by atoms with Crippen LogP contribution in [0.15, 0.2) is 30.3 Å². The Balaban J connectivity index is 2.56. The van der Waals surface area contributed by atoms with E-state index in [4.69, 9.17) is 10.2 Å². The van der Waals surface area contributed by atoms with Gasteiger partial charge in [-0.25, -0.2) is 0 Å². The van der Waals surface area contributed by atoms with E-state index in [2.05, 4.69) is 0 Å². The molecule has 0 aromatic heterocycles. The van der Waals surface area contributed by atoms with Gasteiger partial charge in [-0.2, -0.15) is 0 Å². The molecule has 0 radical (unpaired) electrons. The summed E-state index contributed by atoms with van der Waals surface area (Å²) in [6.07, 6.45) is 1.59. The van der Waals surface area contributed by atoms with Crippen molar-refractivity contribution in [3.8, 4) is 0 Å². The fourth-order valence-electron chi connectivity index (χ4n) is 1.43. The van der Waals surface area contributed by atoms with Crippen LogP contribution in [0.2, 0.25) is 0 Å². The zero-order valence-corrected chi connectivity index (χ0v) is 7.69. The van der Waals surface area contributed by atoms with E-state index >= 15 is 0 Å². The lowest BCUT2D eigenvalue weighted by atomic mass is 9.95. The molecule has 0 amide bonds. The van der Waals surface area contributed by atoms with Crippen molar-refractivity contribution < 1.29 is 10.2 Å². The maximum atomic E-state index is 9.12. The molecule has 13 heavy (non-hydrogen) atoms. The van der Waals surface area contributed by atoms with Gasteiger partial charge in [0.25, 0.3) is 0 Å². The van der Waals surface area contributed by atoms with Crippen molar-refractivity contribution in [2.24, 2.45) is 0 Å². The molecule has 1 atom stereocenters. The Kier molecular flexibility index (Phi) is 4.50. The van der Waals surface area contributed by atoms with E-state index in [0.29, 0.717) is 0 Å². The summed E-state index contributed by atoms with van der Waals surface area (Å²) >= 11 is 0. The van der Waals surface area contributed by atoms with Gasteiger partial charge >= 0.3 is 0 Å². The van der Waals surface area contributed by atoms with Crippen molar-refractivity contribution in [2.75, 3.05) is 13.2 Å². The van der Waals surface area contributed by atoms with Crippen LogP contribution in [-0.2, 0) is 0 Å². The molecule has 0 aliphatic rings. The van der Waals surface area contributed by atoms with Crippen molar-refractivity contribution in [1.29, 1.82) is 0 Å². The fraction of sp³-hybridized carbons (Fsp3) is 0.455. The highest BCUT2D eigenvalue weighted by Crippen LogP contribution is 2.19. The SMILES string of the molecule is OCCCC(CO)c1ccccc1. The predicted octanol–water partition coefficient (Wildman–Crippen LogP) is 1.53. The van der Waals surface area contributed by atoms with E-state index in [1.807, 2.05) is 30.3 Å². The summed E-state index contributed by atoms with van der Waals surface area (Å²) in [5, 5.41) is 17.8. The first-order valence-corrected chi connectivity index (χ1v) is 4.65. The van der Waals surface area contributed by atoms with Gasteiger partial charge in [0.1, 0.15) is 0 Å². The van der Waals surface area contributed by atoms with Gasteiger partial charge in [-0.15, -0.1) is 0 Å². The van der Waals surface area contributed by atoms with Gasteiger partial charge in [-0.3, -0.25) is 0 Å². The fourth-order valence-corrected chi connectivity index (χ4v) is 1.43. The number of hydrogen-bond acceptors (Lipinski definition) is 2. The molecule has 0 heterocycles. The molecule has 0 bridgehead atoms. The molecular weight excluding hydrogens is 164 g/mol. The molecule has 2 heteroatoms. The molecule has 0 fully saturated rings. The molecule has 0 saturated carbocycles. The van der Waals surface area contributed by atoms with Crippen LogP contribution in [-0.4, -0.2) is 23.4 Å². The standard InChI is InChI=1S/C11H16O2/c12-8-4-7-11(9-13)10-5-2-1-3-6-10/h1-3,5-6,11-13H,4,7-9H2. The van der Waals surface area contributed by atoms with Crippen molar-refractivity contribution in [1.82, 2.24) is 0 Å². The monoisotopic (exact) mass is 180 g/mol. The minimum absolute atomic E-state index is 0.157. The summed E-state index contributed by atoms with van der Waals surface area (Å²) in [6.45, 7) is 0.355. The zero-order chi connectivity index (χ0) is 9.52. The second kappa shape index (κ2) is 5.73. The molecule has 0 aliphatic carbocycles. The molecule has 1 aromatic carbocycles. The number of rotatable bonds is 5. The first kappa shape index (κ1) is 10.2. The van der Waals surface area contributed by atoms with Gasteiger partial charge in [0.15, 0.2) is 0 Å². The Morgan fingerprint density at radius 3 is 2.31 bits per heavy atom. The smallest absolute Gasteiger partial charge is 0.0499 e. The summed E-state index contributed by atoms with van der Waals surface area (Å²) in [7, 11) is 0. The lowest BCUT2D eigenvalue weighted by molar-refractivity contribution is 0.237. The van der Waals surface area contributed by atoms with Crippen LogP contribution in [0.3, 0.4) is 0 Å². The summed E-state index contributed by atoms with van der Waals surface area (Å²) in [5.41, 5.74) is 1.15. The van der Waals surface area contributed by atoms with Crippen LogP contribution in [0.5, 0.6) is 0 Å². The Labute approximate surface area is 78.8 Å². The summed E-state index contributed by atoms with van der Waals surface area (Å²) < 4.78 is 0. The molecule has 72 valence electrons.